The molecule has 1 heterocycles. The molecular formula is C23H29N3O5S. The number of anilines is 1. The van der Waals surface area contributed by atoms with Crippen molar-refractivity contribution in [2.45, 2.75) is 25.2 Å². The second-order valence-electron chi connectivity index (χ2n) is 7.44. The highest BCUT2D eigenvalue weighted by molar-refractivity contribution is 7.89. The smallest absolute Gasteiger partial charge is 0.243 e. The third-order valence-corrected chi connectivity index (χ3v) is 7.46. The van der Waals surface area contributed by atoms with Gasteiger partial charge in [-0.2, -0.15) is 4.31 Å². The molecule has 0 radical (unpaired) electrons. The van der Waals surface area contributed by atoms with Gasteiger partial charge in [0.15, 0.2) is 0 Å². The molecule has 1 fully saturated rings. The van der Waals surface area contributed by atoms with Crippen LogP contribution >= 0.6 is 0 Å². The van der Waals surface area contributed by atoms with Gasteiger partial charge in [-0.25, -0.2) is 8.42 Å². The Morgan fingerprint density at radius 3 is 2.38 bits per heavy atom. The number of carbonyl (C=O) groups excluding carboxylic acids is 2. The maximum absolute atomic E-state index is 12.6. The van der Waals surface area contributed by atoms with Crippen LogP contribution in [-0.2, 0) is 19.6 Å². The maximum atomic E-state index is 12.6. The van der Waals surface area contributed by atoms with Crippen molar-refractivity contribution in [3.8, 4) is 5.75 Å². The Morgan fingerprint density at radius 1 is 1.09 bits per heavy atom. The molecule has 0 aliphatic carbocycles. The summed E-state index contributed by atoms with van der Waals surface area (Å²) in [6.07, 6.45) is 0.116. The minimum Gasteiger partial charge on any atom is -0.492 e. The molecule has 2 amide bonds. The van der Waals surface area contributed by atoms with Crippen molar-refractivity contribution in [2.24, 2.45) is 5.92 Å². The second-order valence-corrected chi connectivity index (χ2v) is 9.38. The van der Waals surface area contributed by atoms with Crippen LogP contribution in [-0.4, -0.2) is 57.3 Å². The van der Waals surface area contributed by atoms with Crippen LogP contribution in [0.25, 0.3) is 0 Å². The molecule has 1 aliphatic rings. The number of hydrogen-bond acceptors (Lipinski definition) is 5. The number of nitrogens with zero attached hydrogens (tertiary/aromatic N) is 2. The summed E-state index contributed by atoms with van der Waals surface area (Å²) < 4.78 is 32.2. The van der Waals surface area contributed by atoms with E-state index in [-0.39, 0.29) is 29.7 Å². The van der Waals surface area contributed by atoms with E-state index >= 15 is 0 Å². The Morgan fingerprint density at radius 2 is 1.75 bits per heavy atom. The van der Waals surface area contributed by atoms with Crippen molar-refractivity contribution in [3.63, 3.8) is 0 Å². The highest BCUT2D eigenvalue weighted by atomic mass is 32.2. The van der Waals surface area contributed by atoms with E-state index in [0.29, 0.717) is 31.9 Å². The van der Waals surface area contributed by atoms with Gasteiger partial charge in [-0.3, -0.25) is 9.59 Å². The predicted molar refractivity (Wildman–Crippen MR) is 122 cm³/mol. The SMILES string of the molecule is CCN(CC)S(=O)(=O)c1ccc(N2CC(C(=O)NCCOc3ccccc3)CC2=O)cc1. The van der Waals surface area contributed by atoms with Crippen molar-refractivity contribution >= 4 is 27.5 Å². The minimum absolute atomic E-state index is 0.116. The lowest BCUT2D eigenvalue weighted by Crippen LogP contribution is -2.35. The van der Waals surface area contributed by atoms with Crippen LogP contribution in [0.1, 0.15) is 20.3 Å². The fourth-order valence-corrected chi connectivity index (χ4v) is 5.11. The van der Waals surface area contributed by atoms with E-state index in [9.17, 15) is 18.0 Å². The van der Waals surface area contributed by atoms with Crippen molar-refractivity contribution in [2.75, 3.05) is 37.7 Å². The van der Waals surface area contributed by atoms with E-state index in [1.807, 2.05) is 30.3 Å². The summed E-state index contributed by atoms with van der Waals surface area (Å²) in [6.45, 7) is 5.29. The Hall–Kier alpha value is -2.91. The minimum atomic E-state index is -3.56. The number of rotatable bonds is 10. The molecule has 0 bridgehead atoms. The summed E-state index contributed by atoms with van der Waals surface area (Å²) in [5.74, 6) is -0.0861. The van der Waals surface area contributed by atoms with Crippen LogP contribution in [0.15, 0.2) is 59.5 Å². The first-order valence-electron chi connectivity index (χ1n) is 10.7. The molecule has 1 N–H and O–H groups in total. The molecule has 0 aromatic heterocycles. The molecule has 9 heteroatoms. The molecule has 8 nitrogen and oxygen atoms in total. The monoisotopic (exact) mass is 459 g/mol. The first-order valence-corrected chi connectivity index (χ1v) is 12.2. The molecule has 1 atom stereocenters. The van der Waals surface area contributed by atoms with Gasteiger partial charge in [-0.1, -0.05) is 32.0 Å². The number of para-hydroxylation sites is 1. The molecule has 172 valence electrons. The van der Waals surface area contributed by atoms with Crippen LogP contribution in [0.4, 0.5) is 5.69 Å². The molecule has 1 unspecified atom stereocenters. The Labute approximate surface area is 189 Å². The fraction of sp³-hybridized carbons (Fsp3) is 0.391. The fourth-order valence-electron chi connectivity index (χ4n) is 3.65. The van der Waals surface area contributed by atoms with E-state index < -0.39 is 15.9 Å². The number of ether oxygens (including phenoxy) is 1. The molecule has 2 aromatic carbocycles. The lowest BCUT2D eigenvalue weighted by atomic mass is 10.1. The summed E-state index contributed by atoms with van der Waals surface area (Å²) in [7, 11) is -3.56. The first kappa shape index (κ1) is 23.7. The highest BCUT2D eigenvalue weighted by Gasteiger charge is 2.35. The van der Waals surface area contributed by atoms with Gasteiger partial charge < -0.3 is 15.0 Å². The van der Waals surface area contributed by atoms with Crippen molar-refractivity contribution in [1.82, 2.24) is 9.62 Å². The average Bonchev–Trinajstić information content (AvgIpc) is 3.19. The molecule has 1 saturated heterocycles. The molecule has 0 spiro atoms. The summed E-state index contributed by atoms with van der Waals surface area (Å²) in [5, 5.41) is 2.81. The average molecular weight is 460 g/mol. The standard InChI is InChI=1S/C23H29N3O5S/c1-3-25(4-2)32(29,30)21-12-10-19(11-13-21)26-17-18(16-22(26)27)23(28)24-14-15-31-20-8-6-5-7-9-20/h5-13,18H,3-4,14-17H2,1-2H3,(H,24,28). The Bertz CT molecular complexity index is 1020. The van der Waals surface area contributed by atoms with E-state index in [4.69, 9.17) is 4.74 Å². The van der Waals surface area contributed by atoms with Crippen LogP contribution in [0.5, 0.6) is 5.75 Å². The Kier molecular flexibility index (Phi) is 7.87. The number of hydrogen-bond donors (Lipinski definition) is 1. The lowest BCUT2D eigenvalue weighted by Gasteiger charge is -2.20. The van der Waals surface area contributed by atoms with Gasteiger partial charge >= 0.3 is 0 Å². The van der Waals surface area contributed by atoms with Crippen molar-refractivity contribution in [3.05, 3.63) is 54.6 Å². The van der Waals surface area contributed by atoms with E-state index in [0.717, 1.165) is 5.75 Å². The number of sulfonamides is 1. The van der Waals surface area contributed by atoms with E-state index in [2.05, 4.69) is 5.32 Å². The molecular weight excluding hydrogens is 430 g/mol. The lowest BCUT2D eigenvalue weighted by molar-refractivity contribution is -0.126. The van der Waals surface area contributed by atoms with Gasteiger partial charge in [0.05, 0.1) is 17.4 Å². The number of carbonyl (C=O) groups is 2. The molecule has 2 aromatic rings. The zero-order valence-electron chi connectivity index (χ0n) is 18.4. The first-order chi connectivity index (χ1) is 15.4. The third-order valence-electron chi connectivity index (χ3n) is 5.40. The quantitative estimate of drug-likeness (QED) is 0.550. The van der Waals surface area contributed by atoms with Crippen LogP contribution in [0, 0.1) is 5.92 Å². The van der Waals surface area contributed by atoms with Crippen LogP contribution < -0.4 is 15.0 Å². The van der Waals surface area contributed by atoms with Crippen LogP contribution in [0.3, 0.4) is 0 Å². The number of benzene rings is 2. The zero-order valence-corrected chi connectivity index (χ0v) is 19.2. The third kappa shape index (κ3) is 5.46. The molecule has 1 aliphatic heterocycles. The Balaban J connectivity index is 1.55. The van der Waals surface area contributed by atoms with Gasteiger partial charge in [0.1, 0.15) is 12.4 Å². The predicted octanol–water partition coefficient (Wildman–Crippen LogP) is 2.27. The van der Waals surface area contributed by atoms with Crippen molar-refractivity contribution < 1.29 is 22.7 Å². The summed E-state index contributed by atoms with van der Waals surface area (Å²) >= 11 is 0. The van der Waals surface area contributed by atoms with Gasteiger partial charge in [-0.05, 0) is 36.4 Å². The van der Waals surface area contributed by atoms with E-state index in [1.54, 1.807) is 26.0 Å². The van der Waals surface area contributed by atoms with E-state index in [1.165, 1.54) is 21.3 Å². The van der Waals surface area contributed by atoms with Crippen molar-refractivity contribution in [1.29, 1.82) is 0 Å². The normalized spacial score (nSPS) is 16.4. The van der Waals surface area contributed by atoms with Crippen LogP contribution in [0.2, 0.25) is 0 Å². The molecule has 3 rings (SSSR count). The largest absolute Gasteiger partial charge is 0.492 e. The van der Waals surface area contributed by atoms with Gasteiger partial charge in [-0.15, -0.1) is 0 Å². The summed E-state index contributed by atoms with van der Waals surface area (Å²) in [6, 6.07) is 15.6. The summed E-state index contributed by atoms with van der Waals surface area (Å²) in [5.41, 5.74) is 0.580. The van der Waals surface area contributed by atoms with Gasteiger partial charge in [0, 0.05) is 31.7 Å². The van der Waals surface area contributed by atoms with Gasteiger partial charge in [0.25, 0.3) is 0 Å². The van der Waals surface area contributed by atoms with Gasteiger partial charge in [0.2, 0.25) is 21.8 Å². The highest BCUT2D eigenvalue weighted by Crippen LogP contribution is 2.27. The zero-order chi connectivity index (χ0) is 23.1. The topological polar surface area (TPSA) is 96.0 Å². The second kappa shape index (κ2) is 10.6. The number of amides is 2. The molecule has 0 saturated carbocycles. The molecule has 32 heavy (non-hydrogen) atoms. The number of nitrogens with one attached hydrogen (secondary N) is 1. The maximum Gasteiger partial charge on any atom is 0.243 e. The summed E-state index contributed by atoms with van der Waals surface area (Å²) in [4.78, 5) is 26.7.